The molecule has 33 heavy (non-hydrogen) atoms. The Kier molecular flexibility index (Phi) is 5.69. The molecule has 166 valence electrons. The molecule has 0 atom stereocenters. The number of carboxylic acids is 1. The van der Waals surface area contributed by atoms with E-state index in [1.807, 2.05) is 51.1 Å². The number of para-hydroxylation sites is 1. The van der Waals surface area contributed by atoms with Gasteiger partial charge in [-0.05, 0) is 86.6 Å². The van der Waals surface area contributed by atoms with Crippen LogP contribution in [0.2, 0.25) is 0 Å². The van der Waals surface area contributed by atoms with Crippen molar-refractivity contribution in [2.75, 3.05) is 4.90 Å². The Morgan fingerprint density at radius 1 is 1.03 bits per heavy atom. The summed E-state index contributed by atoms with van der Waals surface area (Å²) in [5, 5.41) is 11.6. The second-order valence-corrected chi connectivity index (χ2v) is 8.14. The zero-order chi connectivity index (χ0) is 23.9. The summed E-state index contributed by atoms with van der Waals surface area (Å²) in [5.41, 5.74) is 5.11. The van der Waals surface area contributed by atoms with Crippen molar-refractivity contribution < 1.29 is 19.5 Å². The van der Waals surface area contributed by atoms with Crippen LogP contribution in [0.1, 0.15) is 32.9 Å². The number of amides is 2. The molecule has 2 aromatic carbocycles. The highest BCUT2D eigenvalue weighted by Crippen LogP contribution is 2.27. The maximum absolute atomic E-state index is 13.3. The molecule has 0 radical (unpaired) electrons. The van der Waals surface area contributed by atoms with Gasteiger partial charge in [-0.3, -0.25) is 19.8 Å². The molecule has 2 N–H and O–H groups in total. The van der Waals surface area contributed by atoms with Crippen molar-refractivity contribution in [3.63, 3.8) is 0 Å². The SMILES string of the molecule is Cc1ccccc1-n1c(C)cc(/C=C2\C(=O)NC(=S)N(c3ccc(C(=O)O)cc3)C2=O)c1C. The van der Waals surface area contributed by atoms with Gasteiger partial charge in [-0.25, -0.2) is 4.79 Å². The molecule has 0 unspecified atom stereocenters. The van der Waals surface area contributed by atoms with Crippen LogP contribution in [0.3, 0.4) is 0 Å². The lowest BCUT2D eigenvalue weighted by molar-refractivity contribution is -0.122. The Morgan fingerprint density at radius 2 is 1.70 bits per heavy atom. The molecule has 0 aliphatic carbocycles. The zero-order valence-corrected chi connectivity index (χ0v) is 19.1. The van der Waals surface area contributed by atoms with E-state index in [9.17, 15) is 14.4 Å². The summed E-state index contributed by atoms with van der Waals surface area (Å²) in [6, 6.07) is 15.6. The Balaban J connectivity index is 1.75. The van der Waals surface area contributed by atoms with E-state index in [1.165, 1.54) is 29.2 Å². The quantitative estimate of drug-likeness (QED) is 0.350. The van der Waals surface area contributed by atoms with E-state index in [0.717, 1.165) is 28.2 Å². The molecule has 0 saturated carbocycles. The van der Waals surface area contributed by atoms with E-state index < -0.39 is 17.8 Å². The molecule has 1 aliphatic rings. The molecule has 0 bridgehead atoms. The number of carbonyl (C=O) groups excluding carboxylic acids is 2. The number of benzene rings is 2. The van der Waals surface area contributed by atoms with Gasteiger partial charge in [-0.1, -0.05) is 18.2 Å². The predicted molar refractivity (Wildman–Crippen MR) is 130 cm³/mol. The van der Waals surface area contributed by atoms with Crippen LogP contribution in [0.25, 0.3) is 11.8 Å². The minimum Gasteiger partial charge on any atom is -0.478 e. The molecule has 2 heterocycles. The third kappa shape index (κ3) is 3.96. The fourth-order valence-corrected chi connectivity index (χ4v) is 4.20. The van der Waals surface area contributed by atoms with Crippen molar-refractivity contribution in [1.82, 2.24) is 9.88 Å². The minimum absolute atomic E-state index is 0.0593. The normalized spacial score (nSPS) is 15.2. The van der Waals surface area contributed by atoms with Crippen LogP contribution in [0.15, 0.2) is 60.2 Å². The summed E-state index contributed by atoms with van der Waals surface area (Å²) < 4.78 is 2.08. The van der Waals surface area contributed by atoms with Gasteiger partial charge in [-0.15, -0.1) is 0 Å². The lowest BCUT2D eigenvalue weighted by atomic mass is 10.1. The van der Waals surface area contributed by atoms with E-state index in [-0.39, 0.29) is 16.2 Å². The minimum atomic E-state index is -1.08. The standard InChI is InChI=1S/C25H21N3O4S/c1-14-6-4-5-7-21(14)27-15(2)12-18(16(27)3)13-20-22(29)26-25(33)28(23(20)30)19-10-8-17(9-11-19)24(31)32/h4-13H,1-3H3,(H,31,32)(H,26,29,33)/b20-13+. The summed E-state index contributed by atoms with van der Waals surface area (Å²) in [6.45, 7) is 5.93. The maximum atomic E-state index is 13.3. The monoisotopic (exact) mass is 459 g/mol. The van der Waals surface area contributed by atoms with Crippen LogP contribution < -0.4 is 10.2 Å². The number of carboxylic acid groups (broad SMARTS) is 1. The van der Waals surface area contributed by atoms with Crippen LogP contribution in [0, 0.1) is 20.8 Å². The topological polar surface area (TPSA) is 91.6 Å². The average Bonchev–Trinajstić information content (AvgIpc) is 3.04. The molecule has 3 aromatic rings. The number of thiocarbonyl (C=S) groups is 1. The fraction of sp³-hybridized carbons (Fsp3) is 0.120. The zero-order valence-electron chi connectivity index (χ0n) is 18.2. The first-order valence-corrected chi connectivity index (χ1v) is 10.6. The Morgan fingerprint density at radius 3 is 2.33 bits per heavy atom. The van der Waals surface area contributed by atoms with Gasteiger partial charge in [-0.2, -0.15) is 0 Å². The fourth-order valence-electron chi connectivity index (χ4n) is 3.92. The largest absolute Gasteiger partial charge is 0.478 e. The second kappa shape index (κ2) is 8.48. The van der Waals surface area contributed by atoms with Crippen LogP contribution in [-0.2, 0) is 9.59 Å². The first-order valence-electron chi connectivity index (χ1n) is 10.2. The number of aryl methyl sites for hydroxylation is 2. The summed E-state index contributed by atoms with van der Waals surface area (Å²) in [4.78, 5) is 38.3. The van der Waals surface area contributed by atoms with Crippen molar-refractivity contribution in [2.24, 2.45) is 0 Å². The molecule has 2 amide bonds. The average molecular weight is 460 g/mol. The van der Waals surface area contributed by atoms with Crippen LogP contribution >= 0.6 is 12.2 Å². The molecular weight excluding hydrogens is 438 g/mol. The van der Waals surface area contributed by atoms with Crippen molar-refractivity contribution in [3.05, 3.63) is 88.2 Å². The second-order valence-electron chi connectivity index (χ2n) is 7.76. The molecule has 4 rings (SSSR count). The van der Waals surface area contributed by atoms with Gasteiger partial charge in [0.2, 0.25) is 0 Å². The lowest BCUT2D eigenvalue weighted by Gasteiger charge is -2.29. The number of nitrogens with one attached hydrogen (secondary N) is 1. The molecule has 1 aliphatic heterocycles. The van der Waals surface area contributed by atoms with Gasteiger partial charge in [0.25, 0.3) is 11.8 Å². The highest BCUT2D eigenvalue weighted by molar-refractivity contribution is 7.80. The third-order valence-electron chi connectivity index (χ3n) is 5.60. The molecule has 0 spiro atoms. The van der Waals surface area contributed by atoms with E-state index in [0.29, 0.717) is 5.69 Å². The van der Waals surface area contributed by atoms with E-state index in [4.69, 9.17) is 17.3 Å². The van der Waals surface area contributed by atoms with E-state index >= 15 is 0 Å². The number of rotatable bonds is 4. The number of anilines is 1. The number of hydrogen-bond donors (Lipinski definition) is 2. The highest BCUT2D eigenvalue weighted by Gasteiger charge is 2.34. The van der Waals surface area contributed by atoms with Gasteiger partial charge in [0.1, 0.15) is 5.57 Å². The van der Waals surface area contributed by atoms with Crippen LogP contribution in [0.4, 0.5) is 5.69 Å². The summed E-state index contributed by atoms with van der Waals surface area (Å²) >= 11 is 5.22. The van der Waals surface area contributed by atoms with Crippen molar-refractivity contribution in [2.45, 2.75) is 20.8 Å². The first-order chi connectivity index (χ1) is 15.7. The number of hydrogen-bond acceptors (Lipinski definition) is 4. The first kappa shape index (κ1) is 22.2. The molecule has 7 nitrogen and oxygen atoms in total. The van der Waals surface area contributed by atoms with Crippen LogP contribution in [0.5, 0.6) is 0 Å². The number of aromatic nitrogens is 1. The summed E-state index contributed by atoms with van der Waals surface area (Å²) in [7, 11) is 0. The Hall–Kier alpha value is -4.04. The Labute approximate surface area is 196 Å². The predicted octanol–water partition coefficient (Wildman–Crippen LogP) is 3.93. The maximum Gasteiger partial charge on any atom is 0.335 e. The van der Waals surface area contributed by atoms with Crippen molar-refractivity contribution in [1.29, 1.82) is 0 Å². The molecular formula is C25H21N3O4S. The van der Waals surface area contributed by atoms with Gasteiger partial charge in [0.05, 0.1) is 11.3 Å². The molecule has 1 saturated heterocycles. The van der Waals surface area contributed by atoms with Gasteiger partial charge < -0.3 is 9.67 Å². The molecule has 1 aromatic heterocycles. The summed E-state index contributed by atoms with van der Waals surface area (Å²) in [6.07, 6.45) is 1.56. The Bertz CT molecular complexity index is 1350. The van der Waals surface area contributed by atoms with Gasteiger partial charge in [0, 0.05) is 17.1 Å². The van der Waals surface area contributed by atoms with E-state index in [2.05, 4.69) is 9.88 Å². The van der Waals surface area contributed by atoms with Gasteiger partial charge >= 0.3 is 5.97 Å². The smallest absolute Gasteiger partial charge is 0.335 e. The van der Waals surface area contributed by atoms with Crippen molar-refractivity contribution >= 4 is 46.9 Å². The van der Waals surface area contributed by atoms with Crippen molar-refractivity contribution in [3.8, 4) is 5.69 Å². The number of aromatic carboxylic acids is 1. The number of nitrogens with zero attached hydrogens (tertiary/aromatic N) is 2. The molecule has 1 fully saturated rings. The van der Waals surface area contributed by atoms with E-state index in [1.54, 1.807) is 6.08 Å². The van der Waals surface area contributed by atoms with Crippen LogP contribution in [-0.4, -0.2) is 32.6 Å². The van der Waals surface area contributed by atoms with Gasteiger partial charge in [0.15, 0.2) is 5.11 Å². The number of carbonyl (C=O) groups is 3. The highest BCUT2D eigenvalue weighted by atomic mass is 32.1. The summed E-state index contributed by atoms with van der Waals surface area (Å²) in [5.74, 6) is -2.23. The molecule has 8 heteroatoms. The lowest BCUT2D eigenvalue weighted by Crippen LogP contribution is -2.54. The third-order valence-corrected chi connectivity index (χ3v) is 5.89.